The summed E-state index contributed by atoms with van der Waals surface area (Å²) < 4.78 is 0. The van der Waals surface area contributed by atoms with Crippen molar-refractivity contribution < 1.29 is 9.90 Å². The van der Waals surface area contributed by atoms with Gasteiger partial charge in [-0.1, -0.05) is 31.2 Å². The topological polar surface area (TPSA) is 63.3 Å². The molecule has 0 radical (unpaired) electrons. The van der Waals surface area contributed by atoms with E-state index in [0.717, 1.165) is 24.3 Å². The lowest BCUT2D eigenvalue weighted by atomic mass is 10.1. The van der Waals surface area contributed by atoms with Crippen molar-refractivity contribution in [2.45, 2.75) is 30.8 Å². The Bertz CT molecular complexity index is 351. The third-order valence-electron chi connectivity index (χ3n) is 2.49. The highest BCUT2D eigenvalue weighted by Gasteiger charge is 2.03. The van der Waals surface area contributed by atoms with Gasteiger partial charge in [-0.15, -0.1) is 0 Å². The molecule has 0 amide bonds. The summed E-state index contributed by atoms with van der Waals surface area (Å²) >= 11 is 1.88. The van der Waals surface area contributed by atoms with Crippen molar-refractivity contribution >= 4 is 17.7 Å². The second kappa shape index (κ2) is 7.35. The minimum Gasteiger partial charge on any atom is -0.481 e. The van der Waals surface area contributed by atoms with Crippen LogP contribution in [-0.2, 0) is 17.0 Å². The molecule has 0 fully saturated rings. The molecule has 0 aromatic heterocycles. The van der Waals surface area contributed by atoms with E-state index in [9.17, 15) is 4.79 Å². The average molecular weight is 253 g/mol. The predicted molar refractivity (Wildman–Crippen MR) is 72.2 cm³/mol. The molecule has 0 aliphatic carbocycles. The van der Waals surface area contributed by atoms with E-state index in [4.69, 9.17) is 10.8 Å². The maximum atomic E-state index is 10.5. The number of thioether (sulfide) groups is 1. The second-order valence-corrected chi connectivity index (χ2v) is 5.51. The molecule has 4 heteroatoms. The van der Waals surface area contributed by atoms with Crippen LogP contribution < -0.4 is 5.73 Å². The van der Waals surface area contributed by atoms with Crippen LogP contribution in [0.15, 0.2) is 24.3 Å². The van der Waals surface area contributed by atoms with Gasteiger partial charge in [0.15, 0.2) is 0 Å². The molecule has 3 N–H and O–H groups in total. The number of nitrogens with two attached hydrogens (primary N) is 1. The van der Waals surface area contributed by atoms with Crippen LogP contribution in [0.25, 0.3) is 0 Å². The lowest BCUT2D eigenvalue weighted by Crippen LogP contribution is -2.07. The smallest absolute Gasteiger partial charge is 0.307 e. The Labute approximate surface area is 106 Å². The van der Waals surface area contributed by atoms with Crippen LogP contribution in [0.3, 0.4) is 0 Å². The summed E-state index contributed by atoms with van der Waals surface area (Å²) in [5.41, 5.74) is 7.57. The largest absolute Gasteiger partial charge is 0.481 e. The van der Waals surface area contributed by atoms with E-state index in [-0.39, 0.29) is 6.42 Å². The van der Waals surface area contributed by atoms with Crippen molar-refractivity contribution in [2.75, 3.05) is 6.54 Å². The lowest BCUT2D eigenvalue weighted by Gasteiger charge is -2.09. The Morgan fingerprint density at radius 3 is 2.47 bits per heavy atom. The zero-order valence-electron chi connectivity index (χ0n) is 10.1. The molecule has 94 valence electrons. The van der Waals surface area contributed by atoms with E-state index in [1.165, 1.54) is 5.56 Å². The Morgan fingerprint density at radius 2 is 1.94 bits per heavy atom. The normalized spacial score (nSPS) is 12.4. The van der Waals surface area contributed by atoms with Crippen molar-refractivity contribution in [2.24, 2.45) is 5.73 Å². The maximum absolute atomic E-state index is 10.5. The fourth-order valence-electron chi connectivity index (χ4n) is 1.48. The van der Waals surface area contributed by atoms with E-state index in [1.807, 2.05) is 36.0 Å². The molecule has 1 aromatic carbocycles. The van der Waals surface area contributed by atoms with Gasteiger partial charge in [0.05, 0.1) is 6.42 Å². The number of carboxylic acid groups (broad SMARTS) is 1. The molecule has 0 saturated heterocycles. The Hall–Kier alpha value is -1.00. The summed E-state index contributed by atoms with van der Waals surface area (Å²) in [7, 11) is 0. The Balaban J connectivity index is 2.42. The minimum atomic E-state index is -0.788. The van der Waals surface area contributed by atoms with Gasteiger partial charge < -0.3 is 10.8 Å². The van der Waals surface area contributed by atoms with Crippen molar-refractivity contribution in [1.29, 1.82) is 0 Å². The van der Waals surface area contributed by atoms with Crippen LogP contribution in [0.4, 0.5) is 0 Å². The Kier molecular flexibility index (Phi) is 6.08. The molecule has 1 unspecified atom stereocenters. The van der Waals surface area contributed by atoms with E-state index in [1.54, 1.807) is 0 Å². The van der Waals surface area contributed by atoms with Gasteiger partial charge in [0.1, 0.15) is 0 Å². The predicted octanol–water partition coefficient (Wildman–Crippen LogP) is 2.28. The molecule has 0 bridgehead atoms. The summed E-state index contributed by atoms with van der Waals surface area (Å²) in [6.07, 6.45) is 1.12. The number of aliphatic carboxylic acids is 1. The zero-order valence-corrected chi connectivity index (χ0v) is 10.9. The number of hydrogen-bond donors (Lipinski definition) is 2. The molecule has 0 aliphatic heterocycles. The highest BCUT2D eigenvalue weighted by atomic mass is 32.2. The Morgan fingerprint density at radius 1 is 1.35 bits per heavy atom. The molecule has 0 aliphatic rings. The molecule has 1 atom stereocenters. The van der Waals surface area contributed by atoms with Crippen molar-refractivity contribution in [3.63, 3.8) is 0 Å². The summed E-state index contributed by atoms with van der Waals surface area (Å²) in [5, 5.41) is 9.22. The highest BCUT2D eigenvalue weighted by molar-refractivity contribution is 7.99. The third-order valence-corrected chi connectivity index (χ3v) is 3.79. The molecule has 0 spiro atoms. The van der Waals surface area contributed by atoms with Gasteiger partial charge in [-0.2, -0.15) is 11.8 Å². The van der Waals surface area contributed by atoms with Crippen LogP contribution in [0.5, 0.6) is 0 Å². The van der Waals surface area contributed by atoms with Crippen LogP contribution in [0.2, 0.25) is 0 Å². The molecule has 3 nitrogen and oxygen atoms in total. The summed E-state index contributed by atoms with van der Waals surface area (Å²) in [5.74, 6) is 0.165. The number of carboxylic acids is 1. The molecule has 17 heavy (non-hydrogen) atoms. The van der Waals surface area contributed by atoms with Gasteiger partial charge in [0.25, 0.3) is 0 Å². The van der Waals surface area contributed by atoms with Gasteiger partial charge in [0, 0.05) is 11.0 Å². The molecule has 1 rings (SSSR count). The van der Waals surface area contributed by atoms with Crippen LogP contribution in [0, 0.1) is 0 Å². The monoisotopic (exact) mass is 253 g/mol. The first-order valence-electron chi connectivity index (χ1n) is 5.73. The van der Waals surface area contributed by atoms with Crippen molar-refractivity contribution in [1.82, 2.24) is 0 Å². The minimum absolute atomic E-state index is 0.0942. The van der Waals surface area contributed by atoms with Gasteiger partial charge in [-0.05, 0) is 24.1 Å². The fraction of sp³-hybridized carbons (Fsp3) is 0.462. The van der Waals surface area contributed by atoms with Crippen LogP contribution in [-0.4, -0.2) is 22.9 Å². The van der Waals surface area contributed by atoms with Crippen molar-refractivity contribution in [3.8, 4) is 0 Å². The van der Waals surface area contributed by atoms with E-state index in [2.05, 4.69) is 6.92 Å². The van der Waals surface area contributed by atoms with Crippen molar-refractivity contribution in [3.05, 3.63) is 35.4 Å². The van der Waals surface area contributed by atoms with Crippen LogP contribution >= 0.6 is 11.8 Å². The zero-order chi connectivity index (χ0) is 12.7. The maximum Gasteiger partial charge on any atom is 0.307 e. The number of benzene rings is 1. The van der Waals surface area contributed by atoms with E-state index < -0.39 is 5.97 Å². The standard InChI is InChI=1S/C13H19NO2S/c1-10(6-7-14)17-9-12-4-2-11(3-5-12)8-13(15)16/h2-5,10H,6-9,14H2,1H3,(H,15,16). The van der Waals surface area contributed by atoms with Crippen LogP contribution in [0.1, 0.15) is 24.5 Å². The lowest BCUT2D eigenvalue weighted by molar-refractivity contribution is -0.136. The van der Waals surface area contributed by atoms with Gasteiger partial charge >= 0.3 is 5.97 Å². The summed E-state index contributed by atoms with van der Waals surface area (Å²) in [4.78, 5) is 10.5. The SMILES string of the molecule is CC(CCN)SCc1ccc(CC(=O)O)cc1. The molecule has 0 heterocycles. The first kappa shape index (κ1) is 14.1. The summed E-state index contributed by atoms with van der Waals surface area (Å²) in [6, 6.07) is 7.77. The third kappa shape index (κ3) is 5.75. The van der Waals surface area contributed by atoms with E-state index in [0.29, 0.717) is 5.25 Å². The van der Waals surface area contributed by atoms with Gasteiger partial charge in [0.2, 0.25) is 0 Å². The van der Waals surface area contributed by atoms with Gasteiger partial charge in [-0.3, -0.25) is 4.79 Å². The second-order valence-electron chi connectivity index (χ2n) is 4.09. The quantitative estimate of drug-likeness (QED) is 0.782. The molecular formula is C13H19NO2S. The molecule has 1 aromatic rings. The first-order chi connectivity index (χ1) is 8.11. The average Bonchev–Trinajstić information content (AvgIpc) is 2.28. The first-order valence-corrected chi connectivity index (χ1v) is 6.78. The van der Waals surface area contributed by atoms with Gasteiger partial charge in [-0.25, -0.2) is 0 Å². The summed E-state index contributed by atoms with van der Waals surface area (Å²) in [6.45, 7) is 2.90. The van der Waals surface area contributed by atoms with E-state index >= 15 is 0 Å². The molecule has 0 saturated carbocycles. The highest BCUT2D eigenvalue weighted by Crippen LogP contribution is 2.19. The number of carbonyl (C=O) groups is 1. The number of rotatable bonds is 7. The fourth-order valence-corrected chi connectivity index (χ4v) is 2.46. The molecular weight excluding hydrogens is 234 g/mol. The number of hydrogen-bond acceptors (Lipinski definition) is 3.